The number of ether oxygens (including phenoxy) is 2. The summed E-state index contributed by atoms with van der Waals surface area (Å²) in [5, 5.41) is 11.6. The van der Waals surface area contributed by atoms with E-state index in [0.717, 1.165) is 35.1 Å². The van der Waals surface area contributed by atoms with E-state index in [0.29, 0.717) is 65.0 Å². The van der Waals surface area contributed by atoms with Gasteiger partial charge in [0.15, 0.2) is 0 Å². The molecule has 64 heavy (non-hydrogen) atoms. The van der Waals surface area contributed by atoms with Gasteiger partial charge in [-0.05, 0) is 89.5 Å². The van der Waals surface area contributed by atoms with Gasteiger partial charge >= 0.3 is 12.2 Å². The Bertz CT molecular complexity index is 1830. The standard InChI is InChI=1S/C53H72N4O7/c1-52(2,3)63-50(61)54(37-43-25-13-7-14-26-43)35-23-11-21-33-48(59)56(39-45-29-17-9-18-30-45)41-47(58)42-57(40-46-31-19-10-20-32-46)49(60)34-22-12-24-36-55(51(62)64-53(4,5)6)38-44-27-15-8-16-28-44/h7-10,13-20,25-32,47,58H,11-12,21-24,33-42H2,1-6H3. The second kappa shape index (κ2) is 26.2. The number of nitrogens with zero attached hydrogens (tertiary/aromatic N) is 4. The van der Waals surface area contributed by atoms with Crippen molar-refractivity contribution in [3.8, 4) is 0 Å². The van der Waals surface area contributed by atoms with Gasteiger partial charge in [-0.2, -0.15) is 0 Å². The molecule has 4 aromatic rings. The van der Waals surface area contributed by atoms with E-state index in [2.05, 4.69) is 0 Å². The molecular formula is C53H72N4O7. The topological polar surface area (TPSA) is 120 Å². The van der Waals surface area contributed by atoms with Crippen molar-refractivity contribution in [3.05, 3.63) is 144 Å². The summed E-state index contributed by atoms with van der Waals surface area (Å²) in [6.07, 6.45) is 2.96. The van der Waals surface area contributed by atoms with Crippen molar-refractivity contribution in [2.45, 2.75) is 136 Å². The predicted octanol–water partition coefficient (Wildman–Crippen LogP) is 10.4. The van der Waals surface area contributed by atoms with Crippen LogP contribution < -0.4 is 0 Å². The minimum Gasteiger partial charge on any atom is -0.444 e. The third kappa shape index (κ3) is 20.2. The molecule has 0 bridgehead atoms. The second-order valence-corrected chi connectivity index (χ2v) is 18.6. The number of unbranched alkanes of at least 4 members (excludes halogenated alkanes) is 4. The van der Waals surface area contributed by atoms with Gasteiger partial charge in [-0.25, -0.2) is 9.59 Å². The van der Waals surface area contributed by atoms with E-state index in [1.54, 1.807) is 19.6 Å². The van der Waals surface area contributed by atoms with Crippen LogP contribution >= 0.6 is 0 Å². The van der Waals surface area contributed by atoms with Crippen LogP contribution in [0.15, 0.2) is 121 Å². The van der Waals surface area contributed by atoms with Crippen LogP contribution in [0, 0.1) is 0 Å². The molecule has 0 atom stereocenters. The van der Waals surface area contributed by atoms with Gasteiger partial charge < -0.3 is 34.2 Å². The largest absolute Gasteiger partial charge is 0.444 e. The molecule has 11 nitrogen and oxygen atoms in total. The summed E-state index contributed by atoms with van der Waals surface area (Å²) >= 11 is 0. The van der Waals surface area contributed by atoms with E-state index in [9.17, 15) is 24.3 Å². The zero-order valence-corrected chi connectivity index (χ0v) is 39.1. The number of hydrogen-bond acceptors (Lipinski definition) is 7. The number of carbonyl (C=O) groups is 4. The van der Waals surface area contributed by atoms with Crippen molar-refractivity contribution in [1.29, 1.82) is 0 Å². The van der Waals surface area contributed by atoms with Crippen molar-refractivity contribution in [3.63, 3.8) is 0 Å². The first-order chi connectivity index (χ1) is 30.5. The molecule has 11 heteroatoms. The lowest BCUT2D eigenvalue weighted by Gasteiger charge is -2.30. The molecule has 0 aromatic heterocycles. The third-order valence-electron chi connectivity index (χ3n) is 10.4. The van der Waals surface area contributed by atoms with Crippen LogP contribution in [-0.2, 0) is 45.2 Å². The highest BCUT2D eigenvalue weighted by atomic mass is 16.6. The van der Waals surface area contributed by atoms with Gasteiger partial charge in [0.05, 0.1) is 6.10 Å². The molecule has 0 saturated carbocycles. The van der Waals surface area contributed by atoms with Crippen molar-refractivity contribution < 1.29 is 33.8 Å². The lowest BCUT2D eigenvalue weighted by Crippen LogP contribution is -2.44. The molecule has 0 aliphatic rings. The predicted molar refractivity (Wildman–Crippen MR) is 253 cm³/mol. The highest BCUT2D eigenvalue weighted by Gasteiger charge is 2.25. The van der Waals surface area contributed by atoms with Gasteiger partial charge in [0.2, 0.25) is 11.8 Å². The molecule has 4 aromatic carbocycles. The number of rotatable bonds is 24. The quantitative estimate of drug-likeness (QED) is 0.0696. The molecule has 0 spiro atoms. The van der Waals surface area contributed by atoms with Gasteiger partial charge in [-0.1, -0.05) is 134 Å². The summed E-state index contributed by atoms with van der Waals surface area (Å²) in [5.74, 6) is -0.158. The Kier molecular flexibility index (Phi) is 20.9. The molecule has 0 radical (unpaired) electrons. The van der Waals surface area contributed by atoms with Crippen LogP contribution in [0.1, 0.15) is 115 Å². The molecule has 0 fully saturated rings. The summed E-state index contributed by atoms with van der Waals surface area (Å²) in [5.41, 5.74) is 2.69. The minimum absolute atomic E-state index is 0.0672. The zero-order valence-electron chi connectivity index (χ0n) is 39.1. The number of carbonyl (C=O) groups excluding carboxylic acids is 4. The van der Waals surface area contributed by atoms with Crippen molar-refractivity contribution in [1.82, 2.24) is 19.6 Å². The number of benzene rings is 4. The molecule has 1 N–H and O–H groups in total. The lowest BCUT2D eigenvalue weighted by molar-refractivity contribution is -0.135. The molecule has 4 amide bonds. The Balaban J connectivity index is 1.34. The molecule has 346 valence electrons. The minimum atomic E-state index is -0.985. The smallest absolute Gasteiger partial charge is 0.410 e. The van der Waals surface area contributed by atoms with Crippen LogP contribution in [-0.4, -0.2) is 92.2 Å². The number of amides is 4. The molecule has 0 aliphatic heterocycles. The van der Waals surface area contributed by atoms with Crippen molar-refractivity contribution in [2.75, 3.05) is 26.2 Å². The molecule has 4 rings (SSSR count). The van der Waals surface area contributed by atoms with E-state index in [1.807, 2.05) is 163 Å². The Morgan fingerprint density at radius 3 is 1.00 bits per heavy atom. The summed E-state index contributed by atoms with van der Waals surface area (Å²) in [4.78, 5) is 60.8. The lowest BCUT2D eigenvalue weighted by atomic mass is 10.1. The van der Waals surface area contributed by atoms with Crippen molar-refractivity contribution >= 4 is 24.0 Å². The van der Waals surface area contributed by atoms with E-state index >= 15 is 0 Å². The van der Waals surface area contributed by atoms with E-state index in [-0.39, 0.29) is 49.9 Å². The monoisotopic (exact) mass is 877 g/mol. The van der Waals surface area contributed by atoms with Crippen LogP contribution in [0.25, 0.3) is 0 Å². The van der Waals surface area contributed by atoms with Gasteiger partial charge in [0.1, 0.15) is 11.2 Å². The maximum atomic E-state index is 13.9. The number of aliphatic hydroxyl groups is 1. The first kappa shape index (κ1) is 51.0. The highest BCUT2D eigenvalue weighted by Crippen LogP contribution is 2.18. The highest BCUT2D eigenvalue weighted by molar-refractivity contribution is 5.77. The first-order valence-corrected chi connectivity index (χ1v) is 22.9. The number of hydrogen-bond donors (Lipinski definition) is 1. The van der Waals surface area contributed by atoms with E-state index in [4.69, 9.17) is 9.47 Å². The summed E-state index contributed by atoms with van der Waals surface area (Å²) in [6.45, 7) is 13.8. The third-order valence-corrected chi connectivity index (χ3v) is 10.4. The molecule has 0 saturated heterocycles. The van der Waals surface area contributed by atoms with Crippen molar-refractivity contribution in [2.24, 2.45) is 0 Å². The average Bonchev–Trinajstić information content (AvgIpc) is 3.25. The SMILES string of the molecule is CC(C)(C)OC(=O)N(CCCCCC(=O)N(Cc1ccccc1)CC(O)CN(Cc1ccccc1)C(=O)CCCCCN(Cc1ccccc1)C(=O)OC(C)(C)C)Cc1ccccc1. The Hall–Kier alpha value is -5.68. The van der Waals surface area contributed by atoms with Crippen LogP contribution in [0.3, 0.4) is 0 Å². The summed E-state index contributed by atoms with van der Waals surface area (Å²) < 4.78 is 11.4. The maximum absolute atomic E-state index is 13.9. The zero-order chi connectivity index (χ0) is 46.4. The molecular weight excluding hydrogens is 805 g/mol. The van der Waals surface area contributed by atoms with Crippen LogP contribution in [0.2, 0.25) is 0 Å². The Morgan fingerprint density at radius 2 is 0.719 bits per heavy atom. The number of aliphatic hydroxyl groups excluding tert-OH is 1. The summed E-state index contributed by atoms with van der Waals surface area (Å²) in [6, 6.07) is 39.1. The fourth-order valence-corrected chi connectivity index (χ4v) is 7.24. The van der Waals surface area contributed by atoms with Crippen LogP contribution in [0.5, 0.6) is 0 Å². The average molecular weight is 877 g/mol. The van der Waals surface area contributed by atoms with Gasteiger partial charge in [-0.3, -0.25) is 9.59 Å². The maximum Gasteiger partial charge on any atom is 0.410 e. The van der Waals surface area contributed by atoms with Crippen LogP contribution in [0.4, 0.5) is 9.59 Å². The fourth-order valence-electron chi connectivity index (χ4n) is 7.24. The second-order valence-electron chi connectivity index (χ2n) is 18.6. The van der Waals surface area contributed by atoms with E-state index < -0.39 is 17.3 Å². The Morgan fingerprint density at radius 1 is 0.438 bits per heavy atom. The van der Waals surface area contributed by atoms with Gasteiger partial charge in [-0.15, -0.1) is 0 Å². The molecule has 0 aliphatic carbocycles. The molecule has 0 heterocycles. The molecule has 0 unspecified atom stereocenters. The summed E-state index contributed by atoms with van der Waals surface area (Å²) in [7, 11) is 0. The van der Waals surface area contributed by atoms with E-state index in [1.165, 1.54) is 0 Å². The Labute approximate surface area is 382 Å². The first-order valence-electron chi connectivity index (χ1n) is 22.9. The fraction of sp³-hybridized carbons (Fsp3) is 0.472. The van der Waals surface area contributed by atoms with Gasteiger partial charge in [0.25, 0.3) is 0 Å². The van der Waals surface area contributed by atoms with Gasteiger partial charge in [0, 0.05) is 65.2 Å². The normalized spacial score (nSPS) is 11.5.